The normalized spacial score (nSPS) is 14.3. The average molecular weight is 981 g/mol. The average Bonchev–Trinajstić information content (AvgIpc) is 3.32. The van der Waals surface area contributed by atoms with Gasteiger partial charge in [-0.2, -0.15) is 0 Å². The molecule has 0 aliphatic carbocycles. The number of fused-ring (bicyclic) bond motifs is 10. The quantitative estimate of drug-likeness (QED) is 0.124. The molecule has 10 nitrogen and oxygen atoms in total. The molecule has 0 N–H and O–H groups in total. The van der Waals surface area contributed by atoms with E-state index in [9.17, 15) is 0 Å². The summed E-state index contributed by atoms with van der Waals surface area (Å²) in [5, 5.41) is 0. The van der Waals surface area contributed by atoms with E-state index in [-0.39, 0.29) is 0 Å². The Hall–Kier alpha value is -3.35. The molecule has 0 radical (unpaired) electrons. The summed E-state index contributed by atoms with van der Waals surface area (Å²) < 4.78 is 62.6. The minimum Gasteiger partial charge on any atom is -0.496 e. The van der Waals surface area contributed by atoms with E-state index in [2.05, 4.69) is 91.9 Å². The zero-order chi connectivity index (χ0) is 46.3. The monoisotopic (exact) mass is 980 g/mol. The lowest BCUT2D eigenvalue weighted by Gasteiger charge is -2.20. The topological polar surface area (TPSA) is 92.3 Å². The van der Waals surface area contributed by atoms with Crippen LogP contribution in [0.25, 0.3) is 0 Å². The van der Waals surface area contributed by atoms with Crippen molar-refractivity contribution in [2.45, 2.75) is 90.5 Å². The zero-order valence-electron chi connectivity index (χ0n) is 39.0. The maximum Gasteiger partial charge on any atom is 0.129 e. The maximum absolute atomic E-state index is 6.47. The lowest BCUT2D eigenvalue weighted by Crippen LogP contribution is -2.07. The molecule has 0 aromatic heterocycles. The maximum atomic E-state index is 6.47. The molecule has 5 aromatic carbocycles. The van der Waals surface area contributed by atoms with Crippen molar-refractivity contribution in [2.75, 3.05) is 66.8 Å². The van der Waals surface area contributed by atoms with E-state index in [1.54, 1.807) is 94.4 Å². The molecular formula is C50H60O10S5. The second-order valence-corrected chi connectivity index (χ2v) is 19.3. The Morgan fingerprint density at radius 2 is 0.385 bits per heavy atom. The molecule has 6 rings (SSSR count). The van der Waals surface area contributed by atoms with E-state index in [0.29, 0.717) is 66.1 Å². The number of benzene rings is 5. The SMILES string of the molecule is COc1c2cc(SC)cc1COCc1cc(SC)cc(c1OC)COCc1cc(SC)cc(c1OC)COCc1cc(SC)cc(c1OC)COCc1cc(SC)cc(c1OC)COC2. The molecule has 1 heterocycles. The fraction of sp³-hybridized carbons (Fsp3) is 0.400. The number of thioether (sulfide) groups is 5. The molecule has 1 aliphatic heterocycles. The van der Waals surface area contributed by atoms with Gasteiger partial charge < -0.3 is 47.4 Å². The van der Waals surface area contributed by atoms with Crippen LogP contribution in [0.3, 0.4) is 0 Å². The number of methoxy groups -OCH3 is 5. The van der Waals surface area contributed by atoms with Crippen LogP contribution in [0.1, 0.15) is 55.6 Å². The first kappa shape index (κ1) is 51.0. The molecule has 0 unspecified atom stereocenters. The van der Waals surface area contributed by atoms with Crippen LogP contribution in [-0.2, 0) is 89.8 Å². The van der Waals surface area contributed by atoms with Crippen molar-refractivity contribution in [2.24, 2.45) is 0 Å². The highest BCUT2D eigenvalue weighted by molar-refractivity contribution is 7.99. The van der Waals surface area contributed by atoms with E-state index in [4.69, 9.17) is 47.4 Å². The van der Waals surface area contributed by atoms with Gasteiger partial charge in [-0.3, -0.25) is 0 Å². The van der Waals surface area contributed by atoms with Crippen molar-refractivity contribution >= 4 is 58.8 Å². The Kier molecular flexibility index (Phi) is 20.2. The largest absolute Gasteiger partial charge is 0.496 e. The van der Waals surface area contributed by atoms with E-state index in [0.717, 1.165) is 109 Å². The van der Waals surface area contributed by atoms with Crippen LogP contribution in [-0.4, -0.2) is 66.8 Å². The van der Waals surface area contributed by atoms with Gasteiger partial charge in [0.05, 0.1) is 102 Å². The standard InChI is InChI=1S/C50H60O10S5/c1-51-46-31-11-41(61-6)12-32(46)22-57-24-34-14-43(63-8)16-36(48(34)53-3)26-59-28-38-18-45(65-10)20-40(50(38)55-5)30-60-29-39-19-44(64-9)17-37(49(39)54-4)27-58-25-35-15-42(62-7)13-33(23-56-21-31)47(35)52-2/h11-20H,21-30H2,1-10H3. The molecule has 0 saturated carbocycles. The molecule has 0 fully saturated rings. The van der Waals surface area contributed by atoms with Crippen LogP contribution in [0.4, 0.5) is 0 Å². The molecule has 0 amide bonds. The summed E-state index contributed by atoms with van der Waals surface area (Å²) in [4.78, 5) is 5.43. The van der Waals surface area contributed by atoms with Gasteiger partial charge in [0.25, 0.3) is 0 Å². The van der Waals surface area contributed by atoms with Gasteiger partial charge >= 0.3 is 0 Å². The lowest BCUT2D eigenvalue weighted by atomic mass is 10.1. The van der Waals surface area contributed by atoms with E-state index >= 15 is 0 Å². The molecule has 10 bridgehead atoms. The van der Waals surface area contributed by atoms with Crippen molar-refractivity contribution in [1.82, 2.24) is 0 Å². The second-order valence-electron chi connectivity index (χ2n) is 14.9. The molecule has 15 heteroatoms. The van der Waals surface area contributed by atoms with Crippen molar-refractivity contribution in [3.05, 3.63) is 116 Å². The molecule has 0 spiro atoms. The molecular weight excluding hydrogens is 921 g/mol. The van der Waals surface area contributed by atoms with Crippen molar-refractivity contribution in [1.29, 1.82) is 0 Å². The second kappa shape index (κ2) is 25.7. The highest BCUT2D eigenvalue weighted by Gasteiger charge is 2.20. The summed E-state index contributed by atoms with van der Waals surface area (Å²) in [5.74, 6) is 3.68. The third kappa shape index (κ3) is 13.0. The van der Waals surface area contributed by atoms with Crippen LogP contribution >= 0.6 is 58.8 Å². The van der Waals surface area contributed by atoms with E-state index < -0.39 is 0 Å². The van der Waals surface area contributed by atoms with Crippen molar-refractivity contribution < 1.29 is 47.4 Å². The first-order valence-corrected chi connectivity index (χ1v) is 26.9. The minimum absolute atomic E-state index is 0.322. The van der Waals surface area contributed by atoms with E-state index in [1.165, 1.54) is 0 Å². The van der Waals surface area contributed by atoms with Crippen LogP contribution in [0, 0.1) is 0 Å². The number of hydrogen-bond acceptors (Lipinski definition) is 15. The first-order chi connectivity index (χ1) is 31.7. The smallest absolute Gasteiger partial charge is 0.129 e. The van der Waals surface area contributed by atoms with Crippen molar-refractivity contribution in [3.8, 4) is 28.7 Å². The predicted octanol–water partition coefficient (Wildman–Crippen LogP) is 12.2. The van der Waals surface area contributed by atoms with Gasteiger partial charge in [-0.1, -0.05) is 0 Å². The summed E-state index contributed by atoms with van der Waals surface area (Å²) in [6.45, 7) is 3.22. The summed E-state index contributed by atoms with van der Waals surface area (Å²) in [6, 6.07) is 21.2. The van der Waals surface area contributed by atoms with Crippen molar-refractivity contribution in [3.63, 3.8) is 0 Å². The molecule has 350 valence electrons. The Labute approximate surface area is 406 Å². The third-order valence-corrected chi connectivity index (χ3v) is 14.4. The fourth-order valence-corrected chi connectivity index (χ4v) is 10.5. The van der Waals surface area contributed by atoms with Gasteiger partial charge in [0.1, 0.15) is 28.7 Å². The summed E-state index contributed by atoms with van der Waals surface area (Å²) >= 11 is 8.32. The minimum atomic E-state index is 0.322. The molecule has 1 aliphatic rings. The molecule has 65 heavy (non-hydrogen) atoms. The summed E-state index contributed by atoms with van der Waals surface area (Å²) in [6.07, 6.45) is 10.3. The Morgan fingerprint density at radius 1 is 0.262 bits per heavy atom. The van der Waals surface area contributed by atoms with Gasteiger partial charge in [-0.05, 0) is 91.9 Å². The molecule has 5 aromatic rings. The lowest BCUT2D eigenvalue weighted by molar-refractivity contribution is 0.0923. The highest BCUT2D eigenvalue weighted by atomic mass is 32.2. The van der Waals surface area contributed by atoms with Gasteiger partial charge in [-0.15, -0.1) is 58.8 Å². The van der Waals surface area contributed by atoms with Gasteiger partial charge in [0, 0.05) is 80.1 Å². The highest BCUT2D eigenvalue weighted by Crippen LogP contribution is 2.38. The fourth-order valence-electron chi connectivity index (χ4n) is 7.94. The summed E-state index contributed by atoms with van der Waals surface area (Å²) in [7, 11) is 8.46. The van der Waals surface area contributed by atoms with Crippen LogP contribution < -0.4 is 23.7 Å². The molecule has 0 saturated heterocycles. The predicted molar refractivity (Wildman–Crippen MR) is 266 cm³/mol. The van der Waals surface area contributed by atoms with Gasteiger partial charge in [-0.25, -0.2) is 0 Å². The van der Waals surface area contributed by atoms with Gasteiger partial charge in [0.2, 0.25) is 0 Å². The van der Waals surface area contributed by atoms with Crippen LogP contribution in [0.5, 0.6) is 28.7 Å². The van der Waals surface area contributed by atoms with Crippen LogP contribution in [0.15, 0.2) is 85.1 Å². The molecule has 0 atom stereocenters. The third-order valence-electron chi connectivity index (χ3n) is 10.9. The Balaban J connectivity index is 1.39. The number of ether oxygens (including phenoxy) is 10. The van der Waals surface area contributed by atoms with Crippen LogP contribution in [0.2, 0.25) is 0 Å². The zero-order valence-corrected chi connectivity index (χ0v) is 43.1. The Bertz CT molecular complexity index is 1870. The Morgan fingerprint density at radius 3 is 0.477 bits per heavy atom. The number of hydrogen-bond donors (Lipinski definition) is 0. The van der Waals surface area contributed by atoms with E-state index in [1.807, 2.05) is 0 Å². The van der Waals surface area contributed by atoms with Gasteiger partial charge in [0.15, 0.2) is 0 Å². The number of rotatable bonds is 10. The summed E-state index contributed by atoms with van der Waals surface area (Å²) in [5.41, 5.74) is 9.31. The first-order valence-electron chi connectivity index (χ1n) is 20.8.